The van der Waals surface area contributed by atoms with E-state index in [4.69, 9.17) is 15.7 Å². The number of piperazine rings is 1. The highest BCUT2D eigenvalue weighted by molar-refractivity contribution is 5.84. The van der Waals surface area contributed by atoms with Crippen molar-refractivity contribution in [1.29, 1.82) is 0 Å². The molecule has 2 fully saturated rings. The second kappa shape index (κ2) is 8.47. The van der Waals surface area contributed by atoms with Crippen molar-refractivity contribution >= 4 is 22.9 Å². The molecule has 1 aromatic carbocycles. The number of nitrogens with zero attached hydrogens (tertiary/aromatic N) is 7. The molecule has 0 unspecified atom stereocenters. The smallest absolute Gasteiger partial charge is 0.229 e. The minimum Gasteiger partial charge on any atom is -0.382 e. The van der Waals surface area contributed by atoms with Crippen LogP contribution in [0.3, 0.4) is 0 Å². The van der Waals surface area contributed by atoms with Gasteiger partial charge in [-0.2, -0.15) is 15.1 Å². The molecule has 1 aliphatic heterocycles. The van der Waals surface area contributed by atoms with Crippen molar-refractivity contribution in [2.45, 2.75) is 38.1 Å². The Balaban J connectivity index is 1.47. The first-order valence-electron chi connectivity index (χ1n) is 11.9. The highest BCUT2D eigenvalue weighted by Gasteiger charge is 2.27. The number of fused-ring (bicyclic) bond motifs is 1. The minimum absolute atomic E-state index is 0.395. The SMILES string of the molecule is Nc1nc(N2CCNCC2)nc2c1nc(Cc1ccccc1-n1cccn1)n2C1CCCC1. The van der Waals surface area contributed by atoms with Gasteiger partial charge < -0.3 is 20.5 Å². The molecule has 3 N–H and O–H groups in total. The monoisotopic (exact) mass is 443 g/mol. The van der Waals surface area contributed by atoms with Crippen LogP contribution in [0.1, 0.15) is 43.1 Å². The Labute approximate surface area is 192 Å². The number of imidazole rings is 1. The van der Waals surface area contributed by atoms with Gasteiger partial charge in [-0.1, -0.05) is 31.0 Å². The standard InChI is InChI=1S/C24H29N9/c25-22-21-23(30-24(29-22)31-14-11-26-12-15-31)33(18-7-2-3-8-18)20(28-21)16-17-6-1-4-9-19(17)32-13-5-10-27-32/h1,4-6,9-10,13,18,26H,2-3,7-8,11-12,14-16H2,(H2,25,29,30). The zero-order valence-corrected chi connectivity index (χ0v) is 18.7. The Kier molecular flexibility index (Phi) is 5.18. The summed E-state index contributed by atoms with van der Waals surface area (Å²) in [7, 11) is 0. The fraction of sp³-hybridized carbons (Fsp3) is 0.417. The van der Waals surface area contributed by atoms with E-state index in [1.165, 1.54) is 18.4 Å². The topological polar surface area (TPSA) is 103 Å². The summed E-state index contributed by atoms with van der Waals surface area (Å²) < 4.78 is 4.26. The van der Waals surface area contributed by atoms with E-state index in [0.717, 1.165) is 56.2 Å². The van der Waals surface area contributed by atoms with E-state index < -0.39 is 0 Å². The van der Waals surface area contributed by atoms with E-state index in [1.807, 2.05) is 23.0 Å². The van der Waals surface area contributed by atoms with Gasteiger partial charge in [0.15, 0.2) is 17.0 Å². The Morgan fingerprint density at radius 2 is 1.82 bits per heavy atom. The van der Waals surface area contributed by atoms with Gasteiger partial charge in [0, 0.05) is 51.0 Å². The van der Waals surface area contributed by atoms with Crippen molar-refractivity contribution in [2.75, 3.05) is 36.8 Å². The maximum atomic E-state index is 6.46. The van der Waals surface area contributed by atoms with E-state index in [-0.39, 0.29) is 0 Å². The molecule has 4 aromatic rings. The quantitative estimate of drug-likeness (QED) is 0.489. The molecule has 0 spiro atoms. The van der Waals surface area contributed by atoms with Crippen LogP contribution in [0.2, 0.25) is 0 Å². The molecule has 0 amide bonds. The highest BCUT2D eigenvalue weighted by Crippen LogP contribution is 2.35. The number of para-hydroxylation sites is 1. The summed E-state index contributed by atoms with van der Waals surface area (Å²) in [6.07, 6.45) is 9.22. The van der Waals surface area contributed by atoms with Crippen molar-refractivity contribution in [2.24, 2.45) is 0 Å². The van der Waals surface area contributed by atoms with Gasteiger partial charge in [-0.05, 0) is 30.5 Å². The molecule has 0 radical (unpaired) electrons. The molecule has 170 valence electrons. The molecule has 0 atom stereocenters. The van der Waals surface area contributed by atoms with Gasteiger partial charge in [0.1, 0.15) is 5.82 Å². The van der Waals surface area contributed by atoms with Gasteiger partial charge in [-0.3, -0.25) is 0 Å². The molecule has 3 aromatic heterocycles. The first-order chi connectivity index (χ1) is 16.3. The predicted molar refractivity (Wildman–Crippen MR) is 129 cm³/mol. The summed E-state index contributed by atoms with van der Waals surface area (Å²) in [5.41, 5.74) is 10.3. The molecule has 2 aliphatic rings. The number of hydrogen-bond acceptors (Lipinski definition) is 7. The second-order valence-corrected chi connectivity index (χ2v) is 8.91. The van der Waals surface area contributed by atoms with Gasteiger partial charge in [0.05, 0.1) is 5.69 Å². The van der Waals surface area contributed by atoms with Crippen LogP contribution in [-0.4, -0.2) is 55.5 Å². The number of nitrogens with one attached hydrogen (secondary N) is 1. The summed E-state index contributed by atoms with van der Waals surface area (Å²) in [6, 6.07) is 10.7. The lowest BCUT2D eigenvalue weighted by Crippen LogP contribution is -2.44. The van der Waals surface area contributed by atoms with E-state index in [1.54, 1.807) is 6.20 Å². The first kappa shape index (κ1) is 20.2. The fourth-order valence-electron chi connectivity index (χ4n) is 5.17. The molecular formula is C24H29N9. The Hall–Kier alpha value is -3.46. The van der Waals surface area contributed by atoms with Crippen LogP contribution < -0.4 is 16.0 Å². The van der Waals surface area contributed by atoms with Crippen molar-refractivity contribution in [3.05, 3.63) is 54.1 Å². The van der Waals surface area contributed by atoms with Crippen LogP contribution in [-0.2, 0) is 6.42 Å². The minimum atomic E-state index is 0.395. The Morgan fingerprint density at radius 1 is 1.00 bits per heavy atom. The van der Waals surface area contributed by atoms with Gasteiger partial charge in [0.25, 0.3) is 0 Å². The van der Waals surface area contributed by atoms with Crippen LogP contribution in [0.25, 0.3) is 16.9 Å². The molecular weight excluding hydrogens is 414 g/mol. The Bertz CT molecular complexity index is 1250. The zero-order chi connectivity index (χ0) is 22.2. The third-order valence-corrected chi connectivity index (χ3v) is 6.81. The molecule has 1 saturated carbocycles. The van der Waals surface area contributed by atoms with Gasteiger partial charge in [-0.15, -0.1) is 0 Å². The van der Waals surface area contributed by atoms with Crippen LogP contribution in [0.5, 0.6) is 0 Å². The maximum Gasteiger partial charge on any atom is 0.229 e. The number of aromatic nitrogens is 6. The van der Waals surface area contributed by atoms with Crippen molar-refractivity contribution in [3.8, 4) is 5.69 Å². The number of anilines is 2. The zero-order valence-electron chi connectivity index (χ0n) is 18.7. The average Bonchev–Trinajstić information content (AvgIpc) is 3.61. The third-order valence-electron chi connectivity index (χ3n) is 6.81. The summed E-state index contributed by atoms with van der Waals surface area (Å²) in [4.78, 5) is 16.9. The van der Waals surface area contributed by atoms with E-state index in [2.05, 4.69) is 43.1 Å². The van der Waals surface area contributed by atoms with Gasteiger partial charge >= 0.3 is 0 Å². The molecule has 1 aliphatic carbocycles. The van der Waals surface area contributed by atoms with Crippen LogP contribution >= 0.6 is 0 Å². The number of rotatable bonds is 5. The largest absolute Gasteiger partial charge is 0.382 e. The fourth-order valence-corrected chi connectivity index (χ4v) is 5.17. The van der Waals surface area contributed by atoms with Crippen LogP contribution in [0.4, 0.5) is 11.8 Å². The summed E-state index contributed by atoms with van der Waals surface area (Å²) in [6.45, 7) is 3.62. The first-order valence-corrected chi connectivity index (χ1v) is 11.9. The predicted octanol–water partition coefficient (Wildman–Crippen LogP) is 2.71. The highest BCUT2D eigenvalue weighted by atomic mass is 15.3. The van der Waals surface area contributed by atoms with Crippen LogP contribution in [0.15, 0.2) is 42.7 Å². The summed E-state index contributed by atoms with van der Waals surface area (Å²) >= 11 is 0. The maximum absolute atomic E-state index is 6.46. The number of nitrogen functional groups attached to an aromatic ring is 1. The molecule has 0 bridgehead atoms. The second-order valence-electron chi connectivity index (χ2n) is 8.91. The van der Waals surface area contributed by atoms with E-state index in [0.29, 0.717) is 29.7 Å². The van der Waals surface area contributed by atoms with Crippen LogP contribution in [0, 0.1) is 0 Å². The Morgan fingerprint density at radius 3 is 2.61 bits per heavy atom. The van der Waals surface area contributed by atoms with Crippen molar-refractivity contribution in [3.63, 3.8) is 0 Å². The number of nitrogens with two attached hydrogens (primary N) is 1. The van der Waals surface area contributed by atoms with Gasteiger partial charge in [-0.25, -0.2) is 9.67 Å². The molecule has 4 heterocycles. The third kappa shape index (κ3) is 3.72. The lowest BCUT2D eigenvalue weighted by molar-refractivity contribution is 0.511. The van der Waals surface area contributed by atoms with Crippen molar-refractivity contribution < 1.29 is 0 Å². The van der Waals surface area contributed by atoms with Gasteiger partial charge in [0.2, 0.25) is 5.95 Å². The van der Waals surface area contributed by atoms with Crippen molar-refractivity contribution in [1.82, 2.24) is 34.6 Å². The lowest BCUT2D eigenvalue weighted by atomic mass is 10.1. The molecule has 6 rings (SSSR count). The molecule has 1 saturated heterocycles. The lowest BCUT2D eigenvalue weighted by Gasteiger charge is -2.27. The summed E-state index contributed by atoms with van der Waals surface area (Å²) in [5.74, 6) is 2.17. The molecule has 9 heteroatoms. The normalized spacial score (nSPS) is 17.3. The van der Waals surface area contributed by atoms with E-state index >= 15 is 0 Å². The molecule has 33 heavy (non-hydrogen) atoms. The number of benzene rings is 1. The average molecular weight is 444 g/mol. The molecule has 9 nitrogen and oxygen atoms in total. The number of hydrogen-bond donors (Lipinski definition) is 2. The summed E-state index contributed by atoms with van der Waals surface area (Å²) in [5, 5.41) is 7.83. The van der Waals surface area contributed by atoms with E-state index in [9.17, 15) is 0 Å².